The first-order chi connectivity index (χ1) is 12.1. The van der Waals surface area contributed by atoms with Gasteiger partial charge in [-0.15, -0.1) is 0 Å². The van der Waals surface area contributed by atoms with E-state index in [2.05, 4.69) is 72.8 Å². The van der Waals surface area contributed by atoms with Gasteiger partial charge in [-0.3, -0.25) is 0 Å². The van der Waals surface area contributed by atoms with Crippen molar-refractivity contribution in [2.75, 3.05) is 25.5 Å². The summed E-state index contributed by atoms with van der Waals surface area (Å²) in [6.07, 6.45) is 3.81. The van der Waals surface area contributed by atoms with Gasteiger partial charge in [-0.1, -0.05) is 12.1 Å². The van der Waals surface area contributed by atoms with Crippen LogP contribution in [0.4, 0.5) is 10.5 Å². The number of anilines is 1. The smallest absolute Gasteiger partial charge is 0.315 e. The van der Waals surface area contributed by atoms with Crippen molar-refractivity contribution < 1.29 is 4.79 Å². The van der Waals surface area contributed by atoms with Crippen LogP contribution in [0.3, 0.4) is 0 Å². The number of nitrogens with one attached hydrogen (secondary N) is 3. The van der Waals surface area contributed by atoms with Gasteiger partial charge in [0.1, 0.15) is 0 Å². The van der Waals surface area contributed by atoms with Crippen molar-refractivity contribution in [1.82, 2.24) is 16.0 Å². The van der Waals surface area contributed by atoms with Gasteiger partial charge in [0.2, 0.25) is 0 Å². The summed E-state index contributed by atoms with van der Waals surface area (Å²) in [4.78, 5) is 14.3. The van der Waals surface area contributed by atoms with Crippen molar-refractivity contribution >= 4 is 11.7 Å². The van der Waals surface area contributed by atoms with E-state index in [1.807, 2.05) is 14.1 Å². The molecule has 1 aliphatic heterocycles. The van der Waals surface area contributed by atoms with Crippen LogP contribution in [0.2, 0.25) is 0 Å². The molecule has 1 fully saturated rings. The molecule has 0 spiro atoms. The molecule has 0 saturated carbocycles. The lowest BCUT2D eigenvalue weighted by molar-refractivity contribution is 0.147. The Labute approximate surface area is 158 Å². The highest BCUT2D eigenvalue weighted by atomic mass is 16.2. The monoisotopic (exact) mass is 360 g/mol. The lowest BCUT2D eigenvalue weighted by atomic mass is 9.80. The molecule has 3 N–H and O–H groups in total. The molecule has 5 heteroatoms. The maximum atomic E-state index is 12.2. The van der Waals surface area contributed by atoms with Gasteiger partial charge in [0, 0.05) is 43.4 Å². The predicted octanol–water partition coefficient (Wildman–Crippen LogP) is 3.29. The number of piperidine rings is 1. The molecule has 0 unspecified atom stereocenters. The third-order valence-electron chi connectivity index (χ3n) is 4.91. The van der Waals surface area contributed by atoms with E-state index >= 15 is 0 Å². The van der Waals surface area contributed by atoms with Crippen molar-refractivity contribution in [3.05, 3.63) is 29.8 Å². The largest absolute Gasteiger partial charge is 0.378 e. The van der Waals surface area contributed by atoms with Crippen molar-refractivity contribution in [2.24, 2.45) is 0 Å². The number of carbonyl (C=O) groups excluding carboxylic acids is 1. The minimum atomic E-state index is -0.0496. The first-order valence-electron chi connectivity index (χ1n) is 9.66. The normalized spacial score (nSPS) is 19.0. The molecule has 1 saturated heterocycles. The summed E-state index contributed by atoms with van der Waals surface area (Å²) in [5.74, 6) is 0. The highest BCUT2D eigenvalue weighted by Gasteiger charge is 2.38. The fraction of sp³-hybridized carbons (Fsp3) is 0.667. The van der Waals surface area contributed by atoms with E-state index in [0.29, 0.717) is 6.54 Å². The van der Waals surface area contributed by atoms with E-state index in [9.17, 15) is 4.79 Å². The molecule has 2 rings (SSSR count). The summed E-state index contributed by atoms with van der Waals surface area (Å²) in [5.41, 5.74) is 2.59. The first-order valence-corrected chi connectivity index (χ1v) is 9.66. The van der Waals surface area contributed by atoms with Gasteiger partial charge in [-0.25, -0.2) is 4.79 Å². The zero-order valence-electron chi connectivity index (χ0n) is 17.3. The van der Waals surface area contributed by atoms with Crippen LogP contribution in [-0.4, -0.2) is 43.8 Å². The zero-order valence-corrected chi connectivity index (χ0v) is 17.3. The molecule has 26 heavy (non-hydrogen) atoms. The maximum Gasteiger partial charge on any atom is 0.315 e. The minimum Gasteiger partial charge on any atom is -0.378 e. The number of amides is 2. The fourth-order valence-electron chi connectivity index (χ4n) is 4.12. The number of hydrogen-bond donors (Lipinski definition) is 3. The Morgan fingerprint density at radius 2 is 1.69 bits per heavy atom. The second-order valence-corrected chi connectivity index (χ2v) is 9.06. The molecular formula is C21H36N4O. The zero-order chi connectivity index (χ0) is 19.4. The maximum absolute atomic E-state index is 12.2. The fourth-order valence-corrected chi connectivity index (χ4v) is 4.12. The number of urea groups is 1. The number of hydrogen-bond acceptors (Lipinski definition) is 3. The van der Waals surface area contributed by atoms with Crippen LogP contribution in [0.5, 0.6) is 0 Å². The van der Waals surface area contributed by atoms with Crippen molar-refractivity contribution in [3.63, 3.8) is 0 Å². The lowest BCUT2D eigenvalue weighted by Crippen LogP contribution is -2.62. The number of aryl methyl sites for hydroxylation is 1. The van der Waals surface area contributed by atoms with E-state index in [1.54, 1.807) is 0 Å². The minimum absolute atomic E-state index is 0.0401. The number of nitrogens with zero attached hydrogens (tertiary/aromatic N) is 1. The van der Waals surface area contributed by atoms with Gasteiger partial charge >= 0.3 is 6.03 Å². The molecule has 1 aromatic rings. The van der Waals surface area contributed by atoms with E-state index in [-0.39, 0.29) is 23.2 Å². The highest BCUT2D eigenvalue weighted by molar-refractivity contribution is 5.74. The average molecular weight is 361 g/mol. The number of rotatable bonds is 6. The number of benzene rings is 1. The second-order valence-electron chi connectivity index (χ2n) is 9.06. The molecule has 0 bridgehead atoms. The van der Waals surface area contributed by atoms with Crippen LogP contribution in [0.1, 0.15) is 52.5 Å². The lowest BCUT2D eigenvalue weighted by Gasteiger charge is -2.46. The van der Waals surface area contributed by atoms with Crippen LogP contribution >= 0.6 is 0 Å². The highest BCUT2D eigenvalue weighted by Crippen LogP contribution is 2.28. The Balaban J connectivity index is 1.70. The molecular weight excluding hydrogens is 324 g/mol. The quantitative estimate of drug-likeness (QED) is 0.682. The van der Waals surface area contributed by atoms with Crippen LogP contribution in [0.25, 0.3) is 0 Å². The van der Waals surface area contributed by atoms with Crippen LogP contribution in [0, 0.1) is 0 Å². The molecule has 0 radical (unpaired) electrons. The van der Waals surface area contributed by atoms with Gasteiger partial charge < -0.3 is 20.9 Å². The molecule has 0 atom stereocenters. The Bertz CT molecular complexity index is 577. The molecule has 5 nitrogen and oxygen atoms in total. The molecule has 2 amide bonds. The van der Waals surface area contributed by atoms with Gasteiger partial charge in [0.05, 0.1) is 0 Å². The van der Waals surface area contributed by atoms with Gasteiger partial charge in [0.25, 0.3) is 0 Å². The summed E-state index contributed by atoms with van der Waals surface area (Å²) >= 11 is 0. The predicted molar refractivity (Wildman–Crippen MR) is 110 cm³/mol. The Hall–Kier alpha value is -1.75. The van der Waals surface area contributed by atoms with E-state index in [1.165, 1.54) is 11.3 Å². The van der Waals surface area contributed by atoms with Gasteiger partial charge in [0.15, 0.2) is 0 Å². The first kappa shape index (κ1) is 20.6. The van der Waals surface area contributed by atoms with Crippen molar-refractivity contribution in [1.29, 1.82) is 0 Å². The molecule has 146 valence electrons. The Kier molecular flexibility index (Phi) is 6.56. The number of carbonyl (C=O) groups is 1. The van der Waals surface area contributed by atoms with Crippen molar-refractivity contribution in [2.45, 2.75) is 70.5 Å². The molecule has 1 heterocycles. The summed E-state index contributed by atoms with van der Waals surface area (Å²) in [7, 11) is 4.09. The van der Waals surface area contributed by atoms with E-state index in [0.717, 1.165) is 25.7 Å². The SMILES string of the molecule is CN(C)c1ccc(CCCNC(=O)NC2CC(C)(C)NC(C)(C)C2)cc1. The summed E-state index contributed by atoms with van der Waals surface area (Å²) in [5, 5.41) is 9.80. The van der Waals surface area contributed by atoms with Crippen molar-refractivity contribution in [3.8, 4) is 0 Å². The topological polar surface area (TPSA) is 56.4 Å². The average Bonchev–Trinajstić information content (AvgIpc) is 2.48. The summed E-state index contributed by atoms with van der Waals surface area (Å²) < 4.78 is 0. The van der Waals surface area contributed by atoms with Crippen LogP contribution < -0.4 is 20.9 Å². The molecule has 1 aromatic carbocycles. The van der Waals surface area contributed by atoms with Crippen LogP contribution in [-0.2, 0) is 6.42 Å². The molecule has 0 aromatic heterocycles. The second kappa shape index (κ2) is 8.30. The van der Waals surface area contributed by atoms with Crippen LogP contribution in [0.15, 0.2) is 24.3 Å². The third-order valence-corrected chi connectivity index (χ3v) is 4.91. The molecule has 1 aliphatic rings. The molecule has 0 aliphatic carbocycles. The Morgan fingerprint density at radius 3 is 2.23 bits per heavy atom. The van der Waals surface area contributed by atoms with E-state index < -0.39 is 0 Å². The Morgan fingerprint density at radius 1 is 1.12 bits per heavy atom. The van der Waals surface area contributed by atoms with E-state index in [4.69, 9.17) is 0 Å². The van der Waals surface area contributed by atoms with Gasteiger partial charge in [-0.05, 0) is 71.1 Å². The summed E-state index contributed by atoms with van der Waals surface area (Å²) in [6.45, 7) is 9.48. The summed E-state index contributed by atoms with van der Waals surface area (Å²) in [6, 6.07) is 8.75. The third kappa shape index (κ3) is 6.52. The van der Waals surface area contributed by atoms with Gasteiger partial charge in [-0.2, -0.15) is 0 Å². The standard InChI is InChI=1S/C21H36N4O/c1-20(2)14-17(15-21(3,4)24-20)23-19(26)22-13-7-8-16-9-11-18(12-10-16)25(5)6/h9-12,17,24H,7-8,13-15H2,1-6H3,(H2,22,23,26).